The van der Waals surface area contributed by atoms with E-state index in [-0.39, 0.29) is 35.6 Å². The van der Waals surface area contributed by atoms with E-state index in [4.69, 9.17) is 5.84 Å². The number of thioether (sulfide) groups is 1. The number of carbonyl (C=O) groups excluding carboxylic acids is 1. The van der Waals surface area contributed by atoms with Crippen molar-refractivity contribution in [2.24, 2.45) is 5.84 Å². The molecule has 6 nitrogen and oxygen atoms in total. The van der Waals surface area contributed by atoms with Crippen molar-refractivity contribution in [2.45, 2.75) is 5.51 Å². The third kappa shape index (κ3) is 5.19. The van der Waals surface area contributed by atoms with Crippen LogP contribution in [0, 0.1) is 0 Å². The Balaban J connectivity index is 2.41. The molecule has 1 heterocycles. The monoisotopic (exact) mass is 281 g/mol. The molecule has 0 bridgehead atoms. The van der Waals surface area contributed by atoms with Crippen LogP contribution in [0.2, 0.25) is 0 Å². The molecule has 0 unspecified atom stereocenters. The quantitative estimate of drug-likeness (QED) is 0.419. The van der Waals surface area contributed by atoms with Gasteiger partial charge in [-0.1, -0.05) is 0 Å². The Morgan fingerprint density at radius 3 is 2.78 bits per heavy atom. The van der Waals surface area contributed by atoms with E-state index in [2.05, 4.69) is 20.7 Å². The van der Waals surface area contributed by atoms with E-state index in [1.807, 2.05) is 0 Å². The first-order valence-electron chi connectivity index (χ1n) is 4.70. The van der Waals surface area contributed by atoms with E-state index in [0.717, 1.165) is 0 Å². The number of nitrogens with two attached hydrogens (primary N) is 1. The average molecular weight is 281 g/mol. The number of aromatic nitrogens is 2. The van der Waals surface area contributed by atoms with Crippen LogP contribution in [-0.2, 0) is 0 Å². The summed E-state index contributed by atoms with van der Waals surface area (Å²) in [5, 5.41) is 2.29. The van der Waals surface area contributed by atoms with Gasteiger partial charge in [-0.05, 0) is 11.8 Å². The first-order valence-corrected chi connectivity index (χ1v) is 5.68. The van der Waals surface area contributed by atoms with Gasteiger partial charge in [-0.3, -0.25) is 9.78 Å². The fourth-order valence-electron chi connectivity index (χ4n) is 0.967. The van der Waals surface area contributed by atoms with Crippen LogP contribution in [-0.4, -0.2) is 33.7 Å². The maximum absolute atomic E-state index is 11.8. The number of hydrogen-bond acceptors (Lipinski definition) is 6. The number of anilines is 1. The zero-order valence-electron chi connectivity index (χ0n) is 8.99. The largest absolute Gasteiger partial charge is 0.441 e. The van der Waals surface area contributed by atoms with Crippen LogP contribution < -0.4 is 16.6 Å². The van der Waals surface area contributed by atoms with Crippen LogP contribution >= 0.6 is 11.8 Å². The van der Waals surface area contributed by atoms with Gasteiger partial charge in [0.15, 0.2) is 5.82 Å². The Labute approximate surface area is 105 Å². The predicted octanol–water partition coefficient (Wildman–Crippen LogP) is 0.745. The van der Waals surface area contributed by atoms with E-state index in [9.17, 15) is 18.0 Å². The zero-order valence-corrected chi connectivity index (χ0v) is 9.81. The molecule has 0 spiro atoms. The van der Waals surface area contributed by atoms with Crippen LogP contribution in [0.25, 0.3) is 0 Å². The first-order chi connectivity index (χ1) is 8.42. The smallest absolute Gasteiger partial charge is 0.350 e. The van der Waals surface area contributed by atoms with Crippen molar-refractivity contribution in [2.75, 3.05) is 17.7 Å². The van der Waals surface area contributed by atoms with E-state index in [1.54, 1.807) is 0 Å². The Bertz CT molecular complexity index is 414. The van der Waals surface area contributed by atoms with Crippen molar-refractivity contribution in [3.63, 3.8) is 0 Å². The third-order valence-corrected chi connectivity index (χ3v) is 2.40. The molecule has 0 aliphatic carbocycles. The van der Waals surface area contributed by atoms with Gasteiger partial charge in [-0.2, -0.15) is 13.2 Å². The summed E-state index contributed by atoms with van der Waals surface area (Å²) in [7, 11) is 0. The standard InChI is InChI=1S/C8H10F3N5OS/c9-8(10,11)18-2-1-14-7(17)5-3-13-4-6(15-5)16-12/h3-4H,1-2,12H2,(H,14,17)(H,15,16). The minimum absolute atomic E-state index is 0.0255. The minimum atomic E-state index is -4.30. The second-order valence-electron chi connectivity index (χ2n) is 2.98. The van der Waals surface area contributed by atoms with Gasteiger partial charge in [0.05, 0.1) is 12.4 Å². The second-order valence-corrected chi connectivity index (χ2v) is 4.14. The third-order valence-electron chi connectivity index (χ3n) is 1.67. The summed E-state index contributed by atoms with van der Waals surface area (Å²) in [6.45, 7) is -0.120. The van der Waals surface area contributed by atoms with Gasteiger partial charge in [0.1, 0.15) is 5.69 Å². The van der Waals surface area contributed by atoms with Gasteiger partial charge in [0.25, 0.3) is 5.91 Å². The number of nitrogens with zero attached hydrogens (tertiary/aromatic N) is 2. The van der Waals surface area contributed by atoms with Crippen molar-refractivity contribution >= 4 is 23.5 Å². The lowest BCUT2D eigenvalue weighted by molar-refractivity contribution is -0.0327. The van der Waals surface area contributed by atoms with Crippen LogP contribution in [0.15, 0.2) is 12.4 Å². The maximum atomic E-state index is 11.8. The van der Waals surface area contributed by atoms with Gasteiger partial charge in [0.2, 0.25) is 0 Å². The van der Waals surface area contributed by atoms with Crippen molar-refractivity contribution in [3.05, 3.63) is 18.1 Å². The number of hydrogen-bond donors (Lipinski definition) is 3. The van der Waals surface area contributed by atoms with Crippen molar-refractivity contribution in [1.82, 2.24) is 15.3 Å². The average Bonchev–Trinajstić information content (AvgIpc) is 2.33. The van der Waals surface area contributed by atoms with Gasteiger partial charge >= 0.3 is 5.51 Å². The summed E-state index contributed by atoms with van der Waals surface area (Å²) in [6.07, 6.45) is 2.49. The summed E-state index contributed by atoms with van der Waals surface area (Å²) in [6, 6.07) is 0. The molecule has 18 heavy (non-hydrogen) atoms. The Hall–Kier alpha value is -1.55. The molecule has 0 saturated heterocycles. The number of amides is 1. The molecule has 1 amide bonds. The summed E-state index contributed by atoms with van der Waals surface area (Å²) in [4.78, 5) is 18.9. The van der Waals surface area contributed by atoms with Gasteiger partial charge in [-0.15, -0.1) is 0 Å². The fraction of sp³-hybridized carbons (Fsp3) is 0.375. The molecule has 0 saturated carbocycles. The predicted molar refractivity (Wildman–Crippen MR) is 60.7 cm³/mol. The van der Waals surface area contributed by atoms with Crippen molar-refractivity contribution in [1.29, 1.82) is 0 Å². The molecule has 1 rings (SSSR count). The van der Waals surface area contributed by atoms with E-state index < -0.39 is 11.4 Å². The highest BCUT2D eigenvalue weighted by atomic mass is 32.2. The highest BCUT2D eigenvalue weighted by molar-refractivity contribution is 8.00. The van der Waals surface area contributed by atoms with Gasteiger partial charge in [-0.25, -0.2) is 10.8 Å². The van der Waals surface area contributed by atoms with Crippen LogP contribution in [0.1, 0.15) is 10.5 Å². The fourth-order valence-corrected chi connectivity index (χ4v) is 1.40. The normalized spacial score (nSPS) is 11.1. The first kappa shape index (κ1) is 14.5. The number of nitrogens with one attached hydrogen (secondary N) is 2. The highest BCUT2D eigenvalue weighted by Gasteiger charge is 2.27. The summed E-state index contributed by atoms with van der Waals surface area (Å²) in [5.74, 6) is 4.39. The van der Waals surface area contributed by atoms with E-state index in [1.165, 1.54) is 12.4 Å². The molecule has 1 aromatic heterocycles. The Morgan fingerprint density at radius 1 is 1.44 bits per heavy atom. The van der Waals surface area contributed by atoms with Crippen molar-refractivity contribution in [3.8, 4) is 0 Å². The van der Waals surface area contributed by atoms with Gasteiger partial charge in [0, 0.05) is 12.3 Å². The lowest BCUT2D eigenvalue weighted by Crippen LogP contribution is -2.27. The van der Waals surface area contributed by atoms with E-state index >= 15 is 0 Å². The Kier molecular flexibility index (Phi) is 5.16. The number of alkyl halides is 3. The lowest BCUT2D eigenvalue weighted by Gasteiger charge is -2.07. The molecular formula is C8H10F3N5OS. The van der Waals surface area contributed by atoms with Gasteiger partial charge < -0.3 is 10.7 Å². The summed E-state index contributed by atoms with van der Waals surface area (Å²) in [5.41, 5.74) is -2.12. The maximum Gasteiger partial charge on any atom is 0.441 e. The Morgan fingerprint density at radius 2 is 2.17 bits per heavy atom. The molecule has 0 fully saturated rings. The molecule has 100 valence electrons. The van der Waals surface area contributed by atoms with Crippen LogP contribution in [0.4, 0.5) is 19.0 Å². The van der Waals surface area contributed by atoms with Crippen LogP contribution in [0.3, 0.4) is 0 Å². The molecule has 0 aliphatic rings. The molecule has 0 aromatic carbocycles. The zero-order chi connectivity index (χ0) is 13.6. The highest BCUT2D eigenvalue weighted by Crippen LogP contribution is 2.29. The van der Waals surface area contributed by atoms with Crippen molar-refractivity contribution < 1.29 is 18.0 Å². The molecular weight excluding hydrogens is 271 g/mol. The van der Waals surface area contributed by atoms with E-state index in [0.29, 0.717) is 0 Å². The number of nitrogen functional groups attached to an aromatic ring is 1. The molecule has 10 heteroatoms. The molecule has 0 atom stereocenters. The van der Waals surface area contributed by atoms with Crippen LogP contribution in [0.5, 0.6) is 0 Å². The molecule has 1 aromatic rings. The SMILES string of the molecule is NNc1cncc(C(=O)NCCSC(F)(F)F)n1. The summed E-state index contributed by atoms with van der Waals surface area (Å²) >= 11 is -0.205. The molecule has 4 N–H and O–H groups in total. The molecule has 0 aliphatic heterocycles. The number of hydrazine groups is 1. The second kappa shape index (κ2) is 6.40. The molecule has 0 radical (unpaired) electrons. The number of rotatable bonds is 5. The lowest BCUT2D eigenvalue weighted by atomic mass is 10.4. The topological polar surface area (TPSA) is 92.9 Å². The number of carbonyl (C=O) groups is 1. The number of halogens is 3. The minimum Gasteiger partial charge on any atom is -0.350 e. The summed E-state index contributed by atoms with van der Waals surface area (Å²) < 4.78 is 35.4.